The summed E-state index contributed by atoms with van der Waals surface area (Å²) < 4.78 is 0. The van der Waals surface area contributed by atoms with Gasteiger partial charge in [-0.15, -0.1) is 0 Å². The topological polar surface area (TPSA) is 37.4 Å². The molecule has 124 valence electrons. The highest BCUT2D eigenvalue weighted by Crippen LogP contribution is 2.29. The van der Waals surface area contributed by atoms with Gasteiger partial charge in [-0.25, -0.2) is 4.90 Å². The molecule has 3 heteroatoms. The lowest BCUT2D eigenvalue weighted by molar-refractivity contribution is 0.0926. The number of unbranched alkanes of at least 4 members (excludes halogenated alkanes) is 4. The van der Waals surface area contributed by atoms with E-state index in [0.29, 0.717) is 16.8 Å². The van der Waals surface area contributed by atoms with Crippen molar-refractivity contribution in [2.45, 2.75) is 45.4 Å². The van der Waals surface area contributed by atoms with Gasteiger partial charge in [0.05, 0.1) is 16.8 Å². The van der Waals surface area contributed by atoms with Gasteiger partial charge >= 0.3 is 0 Å². The molecule has 3 nitrogen and oxygen atoms in total. The van der Waals surface area contributed by atoms with Crippen LogP contribution in [0.4, 0.5) is 5.69 Å². The molecule has 0 saturated heterocycles. The van der Waals surface area contributed by atoms with Crippen molar-refractivity contribution >= 4 is 17.5 Å². The zero-order valence-electron chi connectivity index (χ0n) is 14.1. The van der Waals surface area contributed by atoms with Crippen LogP contribution in [0.5, 0.6) is 0 Å². The highest BCUT2D eigenvalue weighted by Gasteiger charge is 2.36. The molecule has 0 fully saturated rings. The van der Waals surface area contributed by atoms with Crippen molar-refractivity contribution in [2.24, 2.45) is 0 Å². The number of aryl methyl sites for hydroxylation is 1. The van der Waals surface area contributed by atoms with Crippen LogP contribution in [-0.2, 0) is 6.42 Å². The second-order valence-electron chi connectivity index (χ2n) is 6.33. The Balaban J connectivity index is 1.74. The fourth-order valence-corrected chi connectivity index (χ4v) is 3.19. The van der Waals surface area contributed by atoms with E-state index in [1.807, 2.05) is 30.3 Å². The van der Waals surface area contributed by atoms with Crippen LogP contribution in [0.3, 0.4) is 0 Å². The lowest BCUT2D eigenvalue weighted by atomic mass is 10.0. The number of anilines is 1. The summed E-state index contributed by atoms with van der Waals surface area (Å²) >= 11 is 0. The molecule has 0 radical (unpaired) electrons. The van der Waals surface area contributed by atoms with Crippen molar-refractivity contribution in [3.8, 4) is 0 Å². The Hall–Kier alpha value is -2.42. The molecule has 1 aliphatic heterocycles. The van der Waals surface area contributed by atoms with Gasteiger partial charge in [-0.2, -0.15) is 0 Å². The van der Waals surface area contributed by atoms with Crippen LogP contribution in [-0.4, -0.2) is 11.8 Å². The highest BCUT2D eigenvalue weighted by molar-refractivity contribution is 6.34. The molecule has 3 rings (SSSR count). The molecule has 0 unspecified atom stereocenters. The summed E-state index contributed by atoms with van der Waals surface area (Å²) in [5, 5.41) is 0. The van der Waals surface area contributed by atoms with E-state index in [4.69, 9.17) is 0 Å². The third-order valence-electron chi connectivity index (χ3n) is 4.53. The quantitative estimate of drug-likeness (QED) is 0.531. The summed E-state index contributed by atoms with van der Waals surface area (Å²) in [6.07, 6.45) is 7.09. The molecule has 2 amide bonds. The normalized spacial score (nSPS) is 13.5. The first-order chi connectivity index (χ1) is 11.7. The fraction of sp³-hybridized carbons (Fsp3) is 0.333. The third kappa shape index (κ3) is 3.25. The van der Waals surface area contributed by atoms with Gasteiger partial charge in [0.25, 0.3) is 11.8 Å². The number of rotatable bonds is 7. The maximum Gasteiger partial charge on any atom is 0.266 e. The number of amides is 2. The van der Waals surface area contributed by atoms with E-state index in [2.05, 4.69) is 6.92 Å². The fourth-order valence-electron chi connectivity index (χ4n) is 3.19. The first-order valence-corrected chi connectivity index (χ1v) is 8.79. The van der Waals surface area contributed by atoms with Crippen LogP contribution in [0.1, 0.15) is 65.3 Å². The number of carbonyl (C=O) groups is 2. The second-order valence-corrected chi connectivity index (χ2v) is 6.33. The second kappa shape index (κ2) is 7.43. The molecule has 0 atom stereocenters. The SMILES string of the molecule is CCCCCCCc1ccc2c(c1)C(=O)N(c1ccccc1)C2=O. The van der Waals surface area contributed by atoms with E-state index in [-0.39, 0.29) is 11.8 Å². The average molecular weight is 321 g/mol. The van der Waals surface area contributed by atoms with Gasteiger partial charge in [-0.3, -0.25) is 9.59 Å². The minimum atomic E-state index is -0.226. The van der Waals surface area contributed by atoms with Gasteiger partial charge in [0.15, 0.2) is 0 Å². The van der Waals surface area contributed by atoms with Crippen LogP contribution >= 0.6 is 0 Å². The lowest BCUT2D eigenvalue weighted by Crippen LogP contribution is -2.29. The summed E-state index contributed by atoms with van der Waals surface area (Å²) in [5.74, 6) is -0.440. The third-order valence-corrected chi connectivity index (χ3v) is 4.53. The molecule has 0 N–H and O–H groups in total. The number of para-hydroxylation sites is 1. The molecular formula is C21H23NO2. The lowest BCUT2D eigenvalue weighted by Gasteiger charge is -2.13. The summed E-state index contributed by atoms with van der Waals surface area (Å²) in [5.41, 5.74) is 2.82. The molecule has 0 spiro atoms. The number of carbonyl (C=O) groups excluding carboxylic acids is 2. The van der Waals surface area contributed by atoms with E-state index in [9.17, 15) is 9.59 Å². The molecule has 24 heavy (non-hydrogen) atoms. The number of fused-ring (bicyclic) bond motifs is 1. The van der Waals surface area contributed by atoms with Crippen molar-refractivity contribution in [1.29, 1.82) is 0 Å². The van der Waals surface area contributed by atoms with Gasteiger partial charge in [0, 0.05) is 0 Å². The predicted molar refractivity (Wildman–Crippen MR) is 96.5 cm³/mol. The molecule has 0 aliphatic carbocycles. The Kier molecular flexibility index (Phi) is 5.09. The average Bonchev–Trinajstić information content (AvgIpc) is 2.86. The van der Waals surface area contributed by atoms with E-state index in [1.54, 1.807) is 18.2 Å². The number of imide groups is 1. The van der Waals surface area contributed by atoms with Crippen LogP contribution in [0.2, 0.25) is 0 Å². The molecule has 0 aromatic heterocycles. The molecular weight excluding hydrogens is 298 g/mol. The van der Waals surface area contributed by atoms with E-state index in [0.717, 1.165) is 18.4 Å². The van der Waals surface area contributed by atoms with E-state index < -0.39 is 0 Å². The van der Waals surface area contributed by atoms with Gasteiger partial charge in [-0.1, -0.05) is 56.9 Å². The van der Waals surface area contributed by atoms with E-state index >= 15 is 0 Å². The number of nitrogens with zero attached hydrogens (tertiary/aromatic N) is 1. The monoisotopic (exact) mass is 321 g/mol. The summed E-state index contributed by atoms with van der Waals surface area (Å²) in [7, 11) is 0. The van der Waals surface area contributed by atoms with Gasteiger partial charge in [0.1, 0.15) is 0 Å². The van der Waals surface area contributed by atoms with Crippen molar-refractivity contribution in [3.05, 3.63) is 65.2 Å². The maximum absolute atomic E-state index is 12.7. The zero-order valence-corrected chi connectivity index (χ0v) is 14.1. The van der Waals surface area contributed by atoms with Crippen LogP contribution in [0, 0.1) is 0 Å². The minimum absolute atomic E-state index is 0.214. The Morgan fingerprint density at radius 1 is 0.792 bits per heavy atom. The zero-order chi connectivity index (χ0) is 16.9. The molecule has 0 saturated carbocycles. The number of hydrogen-bond acceptors (Lipinski definition) is 2. The molecule has 2 aromatic carbocycles. The molecule has 1 aliphatic rings. The van der Waals surface area contributed by atoms with Crippen LogP contribution in [0.15, 0.2) is 48.5 Å². The largest absolute Gasteiger partial charge is 0.268 e. The Bertz CT molecular complexity index is 737. The van der Waals surface area contributed by atoms with Crippen molar-refractivity contribution in [2.75, 3.05) is 4.90 Å². The van der Waals surface area contributed by atoms with Crippen molar-refractivity contribution in [1.82, 2.24) is 0 Å². The summed E-state index contributed by atoms with van der Waals surface area (Å²) in [6.45, 7) is 2.21. The van der Waals surface area contributed by atoms with E-state index in [1.165, 1.54) is 30.6 Å². The van der Waals surface area contributed by atoms with Crippen molar-refractivity contribution in [3.63, 3.8) is 0 Å². The Labute approximate surface area is 143 Å². The van der Waals surface area contributed by atoms with Gasteiger partial charge in [0.2, 0.25) is 0 Å². The Morgan fingerprint density at radius 3 is 2.25 bits per heavy atom. The highest BCUT2D eigenvalue weighted by atomic mass is 16.2. The summed E-state index contributed by atoms with van der Waals surface area (Å²) in [6, 6.07) is 14.8. The Morgan fingerprint density at radius 2 is 1.50 bits per heavy atom. The van der Waals surface area contributed by atoms with Gasteiger partial charge in [-0.05, 0) is 42.7 Å². The minimum Gasteiger partial charge on any atom is -0.268 e. The summed E-state index contributed by atoms with van der Waals surface area (Å²) in [4.78, 5) is 26.5. The molecule has 1 heterocycles. The van der Waals surface area contributed by atoms with Crippen LogP contribution in [0.25, 0.3) is 0 Å². The molecule has 2 aromatic rings. The molecule has 0 bridgehead atoms. The maximum atomic E-state index is 12.7. The number of benzene rings is 2. The van der Waals surface area contributed by atoms with Crippen LogP contribution < -0.4 is 4.90 Å². The van der Waals surface area contributed by atoms with Gasteiger partial charge < -0.3 is 0 Å². The standard InChI is InChI=1S/C21H23NO2/c1-2-3-4-5-7-10-16-13-14-18-19(15-16)21(24)22(20(18)23)17-11-8-6-9-12-17/h6,8-9,11-15H,2-5,7,10H2,1H3. The predicted octanol–water partition coefficient (Wildman–Crippen LogP) is 5.00. The number of hydrogen-bond donors (Lipinski definition) is 0. The van der Waals surface area contributed by atoms with Crippen molar-refractivity contribution < 1.29 is 9.59 Å². The first kappa shape index (κ1) is 16.4. The first-order valence-electron chi connectivity index (χ1n) is 8.79. The smallest absolute Gasteiger partial charge is 0.266 e.